The first kappa shape index (κ1) is 15.9. The molecule has 0 fully saturated rings. The van der Waals surface area contributed by atoms with Gasteiger partial charge in [0.15, 0.2) is 5.01 Å². The summed E-state index contributed by atoms with van der Waals surface area (Å²) in [5.74, 6) is -0.339. The Labute approximate surface area is 123 Å². The second-order valence-corrected chi connectivity index (χ2v) is 5.63. The van der Waals surface area contributed by atoms with Gasteiger partial charge < -0.3 is 5.32 Å². The van der Waals surface area contributed by atoms with E-state index in [1.165, 1.54) is 12.3 Å². The van der Waals surface area contributed by atoms with Crippen LogP contribution >= 0.6 is 11.3 Å². The molecule has 114 valence electrons. The summed E-state index contributed by atoms with van der Waals surface area (Å²) in [4.78, 5) is 3.89. The molecule has 0 radical (unpaired) electrons. The number of aromatic nitrogens is 1. The minimum Gasteiger partial charge on any atom is -0.306 e. The van der Waals surface area contributed by atoms with Crippen LogP contribution in [0.4, 0.5) is 17.6 Å². The van der Waals surface area contributed by atoms with E-state index < -0.39 is 17.2 Å². The van der Waals surface area contributed by atoms with Crippen molar-refractivity contribution in [2.45, 2.75) is 26.1 Å². The van der Waals surface area contributed by atoms with Crippen molar-refractivity contribution < 1.29 is 17.6 Å². The number of hydrogen-bond acceptors (Lipinski definition) is 3. The fourth-order valence-electron chi connectivity index (χ4n) is 1.99. The quantitative estimate of drug-likeness (QED) is 0.850. The molecule has 1 N–H and O–H groups in total. The molecular weight excluding hydrogens is 304 g/mol. The molecule has 0 aliphatic carbocycles. The smallest absolute Gasteiger partial charge is 0.306 e. The zero-order valence-corrected chi connectivity index (χ0v) is 12.3. The van der Waals surface area contributed by atoms with Crippen LogP contribution in [0.3, 0.4) is 0 Å². The lowest BCUT2D eigenvalue weighted by Crippen LogP contribution is -2.21. The molecule has 0 aliphatic heterocycles. The molecule has 1 heterocycles. The Balaban J connectivity index is 2.38. The molecule has 0 saturated heterocycles. The van der Waals surface area contributed by atoms with Gasteiger partial charge in [-0.05, 0) is 30.7 Å². The van der Waals surface area contributed by atoms with Crippen LogP contribution in [0.5, 0.6) is 0 Å². The Morgan fingerprint density at radius 2 is 2.05 bits per heavy atom. The first-order valence-corrected chi connectivity index (χ1v) is 7.17. The second-order valence-electron chi connectivity index (χ2n) is 4.56. The fourth-order valence-corrected chi connectivity index (χ4v) is 2.87. The van der Waals surface area contributed by atoms with Gasteiger partial charge in [0.05, 0.1) is 6.04 Å². The Morgan fingerprint density at radius 1 is 1.33 bits per heavy atom. The largest absolute Gasteiger partial charge is 0.443 e. The van der Waals surface area contributed by atoms with Crippen molar-refractivity contribution >= 4 is 11.3 Å². The standard InChI is InChI=1S/C14H14F4N2S/c1-3-19-12(9-4-5-10(15)8(2)6-9)11-7-20-13(21-11)14(16,17)18/h4-7,12,19H,3H2,1-2H3. The number of nitrogens with one attached hydrogen (secondary N) is 1. The lowest BCUT2D eigenvalue weighted by molar-refractivity contribution is -0.137. The predicted octanol–water partition coefficient (Wildman–Crippen LogP) is 4.31. The van der Waals surface area contributed by atoms with Crippen molar-refractivity contribution in [3.05, 3.63) is 51.2 Å². The highest BCUT2D eigenvalue weighted by Crippen LogP contribution is 2.36. The third kappa shape index (κ3) is 3.59. The lowest BCUT2D eigenvalue weighted by atomic mass is 10.0. The van der Waals surface area contributed by atoms with E-state index in [2.05, 4.69) is 10.3 Å². The Kier molecular flexibility index (Phi) is 4.63. The number of halogens is 4. The summed E-state index contributed by atoms with van der Waals surface area (Å²) < 4.78 is 51.3. The van der Waals surface area contributed by atoms with Gasteiger partial charge >= 0.3 is 6.18 Å². The molecule has 1 atom stereocenters. The van der Waals surface area contributed by atoms with Crippen LogP contribution in [0.25, 0.3) is 0 Å². The molecule has 2 nitrogen and oxygen atoms in total. The van der Waals surface area contributed by atoms with Crippen LogP contribution in [0.1, 0.15) is 34.0 Å². The van der Waals surface area contributed by atoms with Crippen LogP contribution in [-0.2, 0) is 6.18 Å². The van der Waals surface area contributed by atoms with Gasteiger partial charge in [0.25, 0.3) is 0 Å². The maximum atomic E-state index is 13.3. The Bertz CT molecular complexity index is 622. The van der Waals surface area contributed by atoms with E-state index in [-0.39, 0.29) is 5.82 Å². The molecule has 2 aromatic rings. The van der Waals surface area contributed by atoms with Crippen LogP contribution in [0.15, 0.2) is 24.4 Å². The Morgan fingerprint density at radius 3 is 2.57 bits per heavy atom. The average Bonchev–Trinajstić information content (AvgIpc) is 2.89. The van der Waals surface area contributed by atoms with Crippen molar-refractivity contribution in [3.63, 3.8) is 0 Å². The van der Waals surface area contributed by atoms with Crippen LogP contribution in [0, 0.1) is 12.7 Å². The highest BCUT2D eigenvalue weighted by molar-refractivity contribution is 7.11. The first-order chi connectivity index (χ1) is 9.82. The molecule has 0 saturated carbocycles. The molecule has 1 unspecified atom stereocenters. The van der Waals surface area contributed by atoms with Crippen molar-refractivity contribution in [2.75, 3.05) is 6.54 Å². The molecule has 0 amide bonds. The van der Waals surface area contributed by atoms with Crippen molar-refractivity contribution in [2.24, 2.45) is 0 Å². The third-order valence-electron chi connectivity index (χ3n) is 2.97. The number of rotatable bonds is 4. The molecule has 1 aromatic heterocycles. The van der Waals surface area contributed by atoms with E-state index >= 15 is 0 Å². The number of thiazole rings is 1. The van der Waals surface area contributed by atoms with E-state index in [9.17, 15) is 17.6 Å². The summed E-state index contributed by atoms with van der Waals surface area (Å²) in [6, 6.07) is 4.10. The molecule has 1 aromatic carbocycles. The van der Waals surface area contributed by atoms with Gasteiger partial charge in [-0.1, -0.05) is 19.1 Å². The minimum absolute atomic E-state index is 0.339. The normalized spacial score (nSPS) is 13.4. The molecule has 0 spiro atoms. The number of alkyl halides is 3. The van der Waals surface area contributed by atoms with Gasteiger partial charge in [0.2, 0.25) is 0 Å². The van der Waals surface area contributed by atoms with Gasteiger partial charge in [-0.15, -0.1) is 11.3 Å². The van der Waals surface area contributed by atoms with E-state index in [0.29, 0.717) is 33.9 Å². The molecule has 21 heavy (non-hydrogen) atoms. The number of hydrogen-bond donors (Lipinski definition) is 1. The second kappa shape index (κ2) is 6.11. The fraction of sp³-hybridized carbons (Fsp3) is 0.357. The summed E-state index contributed by atoms with van der Waals surface area (Å²) in [6.07, 6.45) is -3.22. The van der Waals surface area contributed by atoms with Gasteiger partial charge in [0.1, 0.15) is 5.82 Å². The van der Waals surface area contributed by atoms with Gasteiger partial charge in [0, 0.05) is 11.1 Å². The van der Waals surface area contributed by atoms with Gasteiger partial charge in [-0.2, -0.15) is 13.2 Å². The number of nitrogens with zero attached hydrogens (tertiary/aromatic N) is 1. The minimum atomic E-state index is -4.45. The average molecular weight is 318 g/mol. The van der Waals surface area contributed by atoms with E-state index in [4.69, 9.17) is 0 Å². The summed E-state index contributed by atoms with van der Waals surface area (Å²) in [5, 5.41) is 2.23. The number of aryl methyl sites for hydroxylation is 1. The zero-order valence-electron chi connectivity index (χ0n) is 11.5. The summed E-state index contributed by atoms with van der Waals surface area (Å²) in [6.45, 7) is 4.05. The number of benzene rings is 1. The predicted molar refractivity (Wildman–Crippen MR) is 73.8 cm³/mol. The molecule has 0 bridgehead atoms. The van der Waals surface area contributed by atoms with Crippen LogP contribution in [0.2, 0.25) is 0 Å². The maximum absolute atomic E-state index is 13.3. The van der Waals surface area contributed by atoms with Crippen LogP contribution in [-0.4, -0.2) is 11.5 Å². The third-order valence-corrected chi connectivity index (χ3v) is 4.08. The van der Waals surface area contributed by atoms with Crippen LogP contribution < -0.4 is 5.32 Å². The Hall–Kier alpha value is -1.47. The topological polar surface area (TPSA) is 24.9 Å². The highest BCUT2D eigenvalue weighted by atomic mass is 32.1. The van der Waals surface area contributed by atoms with E-state index in [1.54, 1.807) is 19.1 Å². The lowest BCUT2D eigenvalue weighted by Gasteiger charge is -2.17. The summed E-state index contributed by atoms with van der Waals surface area (Å²) in [7, 11) is 0. The first-order valence-electron chi connectivity index (χ1n) is 6.35. The van der Waals surface area contributed by atoms with Gasteiger partial charge in [-0.25, -0.2) is 9.37 Å². The summed E-state index contributed by atoms with van der Waals surface area (Å²) in [5.41, 5.74) is 1.17. The van der Waals surface area contributed by atoms with Gasteiger partial charge in [-0.3, -0.25) is 0 Å². The summed E-state index contributed by atoms with van der Waals surface area (Å²) >= 11 is 0.600. The molecular formula is C14H14F4N2S. The molecule has 7 heteroatoms. The van der Waals surface area contributed by atoms with Crippen molar-refractivity contribution in [1.29, 1.82) is 0 Å². The SMILES string of the molecule is CCNC(c1ccc(F)c(C)c1)c1cnc(C(F)(F)F)s1. The van der Waals surface area contributed by atoms with E-state index in [1.807, 2.05) is 6.92 Å². The maximum Gasteiger partial charge on any atom is 0.443 e. The highest BCUT2D eigenvalue weighted by Gasteiger charge is 2.35. The molecule has 0 aliphatic rings. The van der Waals surface area contributed by atoms with Crippen molar-refractivity contribution in [3.8, 4) is 0 Å². The monoisotopic (exact) mass is 318 g/mol. The molecule has 2 rings (SSSR count). The van der Waals surface area contributed by atoms with Crippen molar-refractivity contribution in [1.82, 2.24) is 10.3 Å². The van der Waals surface area contributed by atoms with E-state index in [0.717, 1.165) is 0 Å². The zero-order chi connectivity index (χ0) is 15.6.